The standard InChI is InChI=1S/C17H18ClF2N/c1-2-21-17(9-8-12-6-4-3-5-7-12)13-10-16(20)14(18)11-15(13)19/h3-7,10-11,17,21H,2,8-9H2,1H3. The van der Waals surface area contributed by atoms with Crippen LogP contribution in [-0.2, 0) is 6.42 Å². The fraction of sp³-hybridized carbons (Fsp3) is 0.294. The minimum atomic E-state index is -0.587. The summed E-state index contributed by atoms with van der Waals surface area (Å²) in [5.74, 6) is -1.06. The van der Waals surface area contributed by atoms with Gasteiger partial charge in [-0.3, -0.25) is 0 Å². The highest BCUT2D eigenvalue weighted by Gasteiger charge is 2.17. The third kappa shape index (κ3) is 4.26. The van der Waals surface area contributed by atoms with Gasteiger partial charge in [-0.2, -0.15) is 0 Å². The summed E-state index contributed by atoms with van der Waals surface area (Å²) in [5, 5.41) is 3.02. The highest BCUT2D eigenvalue weighted by atomic mass is 35.5. The van der Waals surface area contributed by atoms with Crippen LogP contribution in [0.5, 0.6) is 0 Å². The van der Waals surface area contributed by atoms with Crippen molar-refractivity contribution < 1.29 is 8.78 Å². The second-order valence-electron chi connectivity index (χ2n) is 4.92. The molecule has 2 aromatic carbocycles. The molecule has 0 saturated carbocycles. The van der Waals surface area contributed by atoms with E-state index >= 15 is 0 Å². The van der Waals surface area contributed by atoms with Crippen LogP contribution >= 0.6 is 11.6 Å². The molecule has 0 aliphatic rings. The molecule has 21 heavy (non-hydrogen) atoms. The monoisotopic (exact) mass is 309 g/mol. The SMILES string of the molecule is CCNC(CCc1ccccc1)c1cc(F)c(Cl)cc1F. The molecule has 2 aromatic rings. The number of hydrogen-bond donors (Lipinski definition) is 1. The normalized spacial score (nSPS) is 12.4. The summed E-state index contributed by atoms with van der Waals surface area (Å²) in [5.41, 5.74) is 1.50. The van der Waals surface area contributed by atoms with Crippen molar-refractivity contribution in [1.82, 2.24) is 5.32 Å². The molecule has 112 valence electrons. The number of halogens is 3. The highest BCUT2D eigenvalue weighted by molar-refractivity contribution is 6.30. The Bertz CT molecular complexity index is 587. The zero-order valence-electron chi connectivity index (χ0n) is 11.9. The Balaban J connectivity index is 2.17. The molecule has 4 heteroatoms. The zero-order valence-corrected chi connectivity index (χ0v) is 12.6. The average molecular weight is 310 g/mol. The molecular weight excluding hydrogens is 292 g/mol. The van der Waals surface area contributed by atoms with E-state index in [-0.39, 0.29) is 11.1 Å². The second-order valence-corrected chi connectivity index (χ2v) is 5.33. The molecular formula is C17H18ClF2N. The Morgan fingerprint density at radius 2 is 1.81 bits per heavy atom. The van der Waals surface area contributed by atoms with Gasteiger partial charge in [-0.25, -0.2) is 8.78 Å². The zero-order chi connectivity index (χ0) is 15.2. The van der Waals surface area contributed by atoms with Crippen LogP contribution in [0.3, 0.4) is 0 Å². The summed E-state index contributed by atoms with van der Waals surface area (Å²) < 4.78 is 27.6. The Kier molecular flexibility index (Phi) is 5.71. The average Bonchev–Trinajstić information content (AvgIpc) is 2.48. The Labute approximate surface area is 128 Å². The molecule has 0 aliphatic heterocycles. The van der Waals surface area contributed by atoms with Gasteiger partial charge in [-0.15, -0.1) is 0 Å². The van der Waals surface area contributed by atoms with E-state index in [4.69, 9.17) is 11.6 Å². The van der Waals surface area contributed by atoms with Crippen molar-refractivity contribution in [2.75, 3.05) is 6.54 Å². The molecule has 0 radical (unpaired) electrons. The van der Waals surface area contributed by atoms with Gasteiger partial charge >= 0.3 is 0 Å². The first-order valence-electron chi connectivity index (χ1n) is 7.03. The maximum absolute atomic E-state index is 14.0. The molecule has 1 nitrogen and oxygen atoms in total. The van der Waals surface area contributed by atoms with E-state index in [1.54, 1.807) is 0 Å². The number of aryl methyl sites for hydroxylation is 1. The highest BCUT2D eigenvalue weighted by Crippen LogP contribution is 2.26. The fourth-order valence-corrected chi connectivity index (χ4v) is 2.52. The fourth-order valence-electron chi connectivity index (χ4n) is 2.37. The topological polar surface area (TPSA) is 12.0 Å². The molecule has 1 N–H and O–H groups in total. The van der Waals surface area contributed by atoms with Gasteiger partial charge in [0.1, 0.15) is 11.6 Å². The summed E-state index contributed by atoms with van der Waals surface area (Å²) in [7, 11) is 0. The Morgan fingerprint density at radius 1 is 1.10 bits per heavy atom. The van der Waals surface area contributed by atoms with Crippen LogP contribution in [0.25, 0.3) is 0 Å². The van der Waals surface area contributed by atoms with Gasteiger partial charge in [0, 0.05) is 11.6 Å². The maximum Gasteiger partial charge on any atom is 0.142 e. The third-order valence-corrected chi connectivity index (χ3v) is 3.72. The van der Waals surface area contributed by atoms with E-state index in [1.165, 1.54) is 11.6 Å². The summed E-state index contributed by atoms with van der Waals surface area (Å²) in [6, 6.07) is 12.0. The van der Waals surface area contributed by atoms with E-state index in [9.17, 15) is 8.78 Å². The van der Waals surface area contributed by atoms with Crippen molar-refractivity contribution in [3.8, 4) is 0 Å². The van der Waals surface area contributed by atoms with Crippen molar-refractivity contribution in [2.45, 2.75) is 25.8 Å². The van der Waals surface area contributed by atoms with Crippen LogP contribution < -0.4 is 5.32 Å². The molecule has 0 amide bonds. The predicted octanol–water partition coefficient (Wildman–Crippen LogP) is 4.90. The number of hydrogen-bond acceptors (Lipinski definition) is 1. The molecule has 0 spiro atoms. The number of benzene rings is 2. The largest absolute Gasteiger partial charge is 0.310 e. The summed E-state index contributed by atoms with van der Waals surface area (Å²) in [6.45, 7) is 2.63. The minimum absolute atomic E-state index is 0.186. The van der Waals surface area contributed by atoms with E-state index < -0.39 is 11.6 Å². The van der Waals surface area contributed by atoms with Crippen molar-refractivity contribution in [3.63, 3.8) is 0 Å². The van der Waals surface area contributed by atoms with Crippen molar-refractivity contribution in [2.24, 2.45) is 0 Å². The molecule has 0 saturated heterocycles. The van der Waals surface area contributed by atoms with Crippen LogP contribution in [0, 0.1) is 11.6 Å². The van der Waals surface area contributed by atoms with E-state index in [1.807, 2.05) is 37.3 Å². The molecule has 0 fully saturated rings. The van der Waals surface area contributed by atoms with Gasteiger partial charge < -0.3 is 5.32 Å². The lowest BCUT2D eigenvalue weighted by Gasteiger charge is -2.19. The third-order valence-electron chi connectivity index (χ3n) is 3.43. The summed E-state index contributed by atoms with van der Waals surface area (Å²) >= 11 is 5.61. The van der Waals surface area contributed by atoms with Gasteiger partial charge in [-0.1, -0.05) is 48.9 Å². The van der Waals surface area contributed by atoms with Crippen molar-refractivity contribution in [3.05, 3.63) is 70.2 Å². The predicted molar refractivity (Wildman–Crippen MR) is 82.5 cm³/mol. The quantitative estimate of drug-likeness (QED) is 0.748. The molecule has 0 bridgehead atoms. The van der Waals surface area contributed by atoms with Crippen molar-refractivity contribution in [1.29, 1.82) is 0 Å². The van der Waals surface area contributed by atoms with Gasteiger partial charge in [0.15, 0.2) is 0 Å². The summed E-state index contributed by atoms with van der Waals surface area (Å²) in [6.07, 6.45) is 1.48. The first-order chi connectivity index (χ1) is 10.1. The smallest absolute Gasteiger partial charge is 0.142 e. The van der Waals surface area contributed by atoms with E-state index in [0.29, 0.717) is 18.5 Å². The molecule has 0 aliphatic carbocycles. The molecule has 1 unspecified atom stereocenters. The first-order valence-corrected chi connectivity index (χ1v) is 7.41. The van der Waals surface area contributed by atoms with Crippen molar-refractivity contribution >= 4 is 11.6 Å². The van der Waals surface area contributed by atoms with Gasteiger partial charge in [0.2, 0.25) is 0 Å². The van der Waals surface area contributed by atoms with Gasteiger partial charge in [0.25, 0.3) is 0 Å². The molecule has 0 heterocycles. The number of rotatable bonds is 6. The van der Waals surface area contributed by atoms with Crippen LogP contribution in [0.15, 0.2) is 42.5 Å². The maximum atomic E-state index is 14.0. The Morgan fingerprint density at radius 3 is 2.48 bits per heavy atom. The van der Waals surface area contributed by atoms with Gasteiger partial charge in [-0.05, 0) is 37.1 Å². The van der Waals surface area contributed by atoms with E-state index in [0.717, 1.165) is 12.5 Å². The van der Waals surface area contributed by atoms with Crippen LogP contribution in [-0.4, -0.2) is 6.54 Å². The van der Waals surface area contributed by atoms with E-state index in [2.05, 4.69) is 5.32 Å². The Hall–Kier alpha value is -1.45. The van der Waals surface area contributed by atoms with Gasteiger partial charge in [0.05, 0.1) is 5.02 Å². The lowest BCUT2D eigenvalue weighted by atomic mass is 9.98. The molecule has 0 aromatic heterocycles. The van der Waals surface area contributed by atoms with Crippen LogP contribution in [0.2, 0.25) is 5.02 Å². The van der Waals surface area contributed by atoms with Crippen LogP contribution in [0.1, 0.15) is 30.5 Å². The molecule has 1 atom stereocenters. The van der Waals surface area contributed by atoms with Crippen LogP contribution in [0.4, 0.5) is 8.78 Å². The minimum Gasteiger partial charge on any atom is -0.310 e. The first kappa shape index (κ1) is 15.9. The molecule has 2 rings (SSSR count). The lowest BCUT2D eigenvalue weighted by molar-refractivity contribution is 0.479. The number of nitrogens with one attached hydrogen (secondary N) is 1. The second kappa shape index (κ2) is 7.53. The lowest BCUT2D eigenvalue weighted by Crippen LogP contribution is -2.22. The summed E-state index contributed by atoms with van der Waals surface area (Å²) in [4.78, 5) is 0.